The number of hydrogen-bond acceptors (Lipinski definition) is 8. The van der Waals surface area contributed by atoms with E-state index in [0.717, 1.165) is 71.1 Å². The van der Waals surface area contributed by atoms with Crippen LogP contribution in [0.15, 0.2) is 28.9 Å². The third kappa shape index (κ3) is 6.29. The Hall–Kier alpha value is -3.08. The van der Waals surface area contributed by atoms with Crippen molar-refractivity contribution in [3.8, 4) is 11.1 Å². The van der Waals surface area contributed by atoms with Gasteiger partial charge in [0.2, 0.25) is 0 Å². The third-order valence-corrected chi connectivity index (χ3v) is 8.50. The quantitative estimate of drug-likeness (QED) is 0.139. The van der Waals surface area contributed by atoms with Gasteiger partial charge in [0.25, 0.3) is 0 Å². The zero-order chi connectivity index (χ0) is 28.8. The number of rotatable bonds is 12. The lowest BCUT2D eigenvalue weighted by atomic mass is 9.95. The van der Waals surface area contributed by atoms with Crippen molar-refractivity contribution < 1.29 is 19.4 Å². The molecule has 0 amide bonds. The zero-order valence-corrected chi connectivity index (χ0v) is 24.8. The summed E-state index contributed by atoms with van der Waals surface area (Å²) < 4.78 is 9.15. The number of benzene rings is 1. The van der Waals surface area contributed by atoms with Gasteiger partial charge in [0, 0.05) is 67.0 Å². The molecule has 0 atom stereocenters. The SMILES string of the molecule is CN=C(/C=C(\N)CSCc1nn2c(c1-c1c(Cl)ccc3c(CCCOC(C)=O)c(C=O)n(C)c13)CCCC2)CO. The van der Waals surface area contributed by atoms with Crippen molar-refractivity contribution in [2.75, 3.05) is 26.0 Å². The van der Waals surface area contributed by atoms with Crippen molar-refractivity contribution in [1.82, 2.24) is 14.3 Å². The summed E-state index contributed by atoms with van der Waals surface area (Å²) in [6.45, 7) is 2.38. The first-order chi connectivity index (χ1) is 19.3. The number of carbonyl (C=O) groups excluding carboxylic acids is 2. The fraction of sp³-hybridized carbons (Fsp3) is 0.448. The number of aliphatic imine (C=N–C) groups is 1. The minimum atomic E-state index is -0.316. The van der Waals surface area contributed by atoms with Gasteiger partial charge in [-0.15, -0.1) is 11.8 Å². The van der Waals surface area contributed by atoms with Gasteiger partial charge in [0.1, 0.15) is 0 Å². The second-order valence-electron chi connectivity index (χ2n) is 9.84. The van der Waals surface area contributed by atoms with Crippen LogP contribution in [0.3, 0.4) is 0 Å². The fourth-order valence-electron chi connectivity index (χ4n) is 5.37. The van der Waals surface area contributed by atoms with Crippen LogP contribution in [0.5, 0.6) is 0 Å². The predicted octanol–water partition coefficient (Wildman–Crippen LogP) is 4.48. The predicted molar refractivity (Wildman–Crippen MR) is 161 cm³/mol. The monoisotopic (exact) mass is 585 g/mol. The highest BCUT2D eigenvalue weighted by molar-refractivity contribution is 7.98. The summed E-state index contributed by atoms with van der Waals surface area (Å²) in [6, 6.07) is 3.87. The molecular weight excluding hydrogens is 550 g/mol. The van der Waals surface area contributed by atoms with Gasteiger partial charge in [-0.2, -0.15) is 5.10 Å². The van der Waals surface area contributed by atoms with E-state index in [-0.39, 0.29) is 12.6 Å². The third-order valence-electron chi connectivity index (χ3n) is 7.17. The zero-order valence-electron chi connectivity index (χ0n) is 23.2. The number of carbonyl (C=O) groups is 2. The Kier molecular flexibility index (Phi) is 10.1. The molecule has 4 rings (SSSR count). The van der Waals surface area contributed by atoms with Crippen LogP contribution in [0.25, 0.3) is 22.0 Å². The van der Waals surface area contributed by atoms with Crippen LogP contribution in [0.4, 0.5) is 0 Å². The molecule has 11 heteroatoms. The van der Waals surface area contributed by atoms with Crippen LogP contribution in [-0.2, 0) is 41.7 Å². The molecule has 1 aliphatic heterocycles. The Bertz CT molecular complexity index is 1470. The van der Waals surface area contributed by atoms with Crippen molar-refractivity contribution in [3.63, 3.8) is 0 Å². The molecule has 1 aromatic carbocycles. The molecule has 3 N–H and O–H groups in total. The summed E-state index contributed by atoms with van der Waals surface area (Å²) in [5.41, 5.74) is 13.8. The number of aryl methyl sites for hydroxylation is 3. The van der Waals surface area contributed by atoms with E-state index in [0.29, 0.717) is 53.1 Å². The number of aldehydes is 1. The maximum Gasteiger partial charge on any atom is 0.302 e. The number of halogens is 1. The number of ether oxygens (including phenoxy) is 1. The van der Waals surface area contributed by atoms with Gasteiger partial charge >= 0.3 is 5.97 Å². The van der Waals surface area contributed by atoms with E-state index in [2.05, 4.69) is 9.67 Å². The molecule has 9 nitrogen and oxygen atoms in total. The smallest absolute Gasteiger partial charge is 0.302 e. The van der Waals surface area contributed by atoms with Crippen molar-refractivity contribution in [2.24, 2.45) is 17.8 Å². The summed E-state index contributed by atoms with van der Waals surface area (Å²) in [5.74, 6) is 0.863. The normalized spacial score (nSPS) is 14.0. The van der Waals surface area contributed by atoms with E-state index in [9.17, 15) is 14.7 Å². The van der Waals surface area contributed by atoms with Crippen LogP contribution < -0.4 is 5.73 Å². The standard InChI is InChI=1S/C29H36ClN5O4S/c1-18(38)39-12-6-7-21-22-9-10-23(30)27(29(22)34(3)26(21)15-37)28-24(33-35-11-5-4-8-25(28)35)17-40-16-19(31)13-20(14-36)32-2/h9-10,13,15,36H,4-8,11-12,14,16-17,31H2,1-3H3/b19-13-,32-20?. The summed E-state index contributed by atoms with van der Waals surface area (Å²) >= 11 is 8.59. The molecule has 0 aliphatic carbocycles. The van der Waals surface area contributed by atoms with Crippen LogP contribution in [0.1, 0.15) is 53.6 Å². The maximum atomic E-state index is 12.3. The Morgan fingerprint density at radius 2 is 2.12 bits per heavy atom. The highest BCUT2D eigenvalue weighted by Crippen LogP contribution is 2.43. The number of nitrogens with two attached hydrogens (primary N) is 1. The number of nitrogens with zero attached hydrogens (tertiary/aromatic N) is 4. The van der Waals surface area contributed by atoms with Crippen LogP contribution in [-0.4, -0.2) is 63.4 Å². The van der Waals surface area contributed by atoms with Crippen LogP contribution in [0, 0.1) is 0 Å². The molecular formula is C29H36ClN5O4S. The molecule has 0 bridgehead atoms. The second-order valence-corrected chi connectivity index (χ2v) is 11.2. The van der Waals surface area contributed by atoms with Gasteiger partial charge in [-0.3, -0.25) is 19.3 Å². The second kappa shape index (κ2) is 13.5. The van der Waals surface area contributed by atoms with Crippen molar-refractivity contribution >= 4 is 52.2 Å². The number of thioether (sulfide) groups is 1. The molecule has 0 radical (unpaired) electrons. The summed E-state index contributed by atoms with van der Waals surface area (Å²) in [6.07, 6.45) is 6.84. The van der Waals surface area contributed by atoms with E-state index in [1.807, 2.05) is 23.7 Å². The van der Waals surface area contributed by atoms with Gasteiger partial charge in [-0.25, -0.2) is 0 Å². The summed E-state index contributed by atoms with van der Waals surface area (Å²) in [7, 11) is 3.52. The molecule has 0 unspecified atom stereocenters. The Labute approximate surface area is 243 Å². The minimum absolute atomic E-state index is 0.159. The fourth-order valence-corrected chi connectivity index (χ4v) is 6.43. The summed E-state index contributed by atoms with van der Waals surface area (Å²) in [4.78, 5) is 27.5. The van der Waals surface area contributed by atoms with E-state index in [4.69, 9.17) is 27.2 Å². The molecule has 40 heavy (non-hydrogen) atoms. The largest absolute Gasteiger partial charge is 0.466 e. The first-order valence-corrected chi connectivity index (χ1v) is 14.9. The molecule has 214 valence electrons. The molecule has 3 aromatic rings. The molecule has 0 spiro atoms. The Balaban J connectivity index is 1.77. The highest BCUT2D eigenvalue weighted by atomic mass is 35.5. The van der Waals surface area contributed by atoms with E-state index in [1.54, 1.807) is 24.9 Å². The molecule has 0 fully saturated rings. The number of esters is 1. The number of hydrogen-bond donors (Lipinski definition) is 2. The van der Waals surface area contributed by atoms with Gasteiger partial charge in [-0.05, 0) is 49.8 Å². The van der Waals surface area contributed by atoms with E-state index in [1.165, 1.54) is 6.92 Å². The lowest BCUT2D eigenvalue weighted by molar-refractivity contribution is -0.141. The number of aliphatic hydroxyl groups is 1. The molecule has 0 saturated carbocycles. The average Bonchev–Trinajstić information content (AvgIpc) is 3.43. The first kappa shape index (κ1) is 29.9. The van der Waals surface area contributed by atoms with E-state index >= 15 is 0 Å². The topological polar surface area (TPSA) is 125 Å². The molecule has 1 aliphatic rings. The van der Waals surface area contributed by atoms with Gasteiger partial charge < -0.3 is 20.1 Å². The average molecular weight is 586 g/mol. The van der Waals surface area contributed by atoms with Crippen molar-refractivity contribution in [1.29, 1.82) is 0 Å². The van der Waals surface area contributed by atoms with Gasteiger partial charge in [0.15, 0.2) is 6.29 Å². The maximum absolute atomic E-state index is 12.3. The van der Waals surface area contributed by atoms with Crippen LogP contribution in [0.2, 0.25) is 5.02 Å². The molecule has 2 aromatic heterocycles. The summed E-state index contributed by atoms with van der Waals surface area (Å²) in [5, 5.41) is 16.0. The minimum Gasteiger partial charge on any atom is -0.466 e. The Morgan fingerprint density at radius 1 is 1.32 bits per heavy atom. The number of aliphatic hydroxyl groups excluding tert-OH is 1. The molecule has 3 heterocycles. The Morgan fingerprint density at radius 3 is 2.83 bits per heavy atom. The van der Waals surface area contributed by atoms with Gasteiger partial charge in [0.05, 0.1) is 40.9 Å². The first-order valence-electron chi connectivity index (χ1n) is 13.4. The van der Waals surface area contributed by atoms with Crippen molar-refractivity contribution in [2.45, 2.75) is 51.3 Å². The van der Waals surface area contributed by atoms with Crippen LogP contribution >= 0.6 is 23.4 Å². The highest BCUT2D eigenvalue weighted by Gasteiger charge is 2.27. The number of aromatic nitrogens is 3. The molecule has 0 saturated heterocycles. The lowest BCUT2D eigenvalue weighted by Gasteiger charge is -2.16. The van der Waals surface area contributed by atoms with Gasteiger partial charge in [-0.1, -0.05) is 17.7 Å². The van der Waals surface area contributed by atoms with E-state index < -0.39 is 0 Å². The lowest BCUT2D eigenvalue weighted by Crippen LogP contribution is -2.11. The number of fused-ring (bicyclic) bond motifs is 2. The van der Waals surface area contributed by atoms with Crippen molar-refractivity contribution in [3.05, 3.63) is 51.6 Å².